The first-order valence-corrected chi connectivity index (χ1v) is 11.3. The number of carbonyl (C=O) groups is 3. The summed E-state index contributed by atoms with van der Waals surface area (Å²) in [5.74, 6) is -0.909. The molecule has 0 aromatic heterocycles. The molecule has 0 N–H and O–H groups in total. The predicted octanol–water partition coefficient (Wildman–Crippen LogP) is 4.78. The van der Waals surface area contributed by atoms with Crippen LogP contribution in [-0.2, 0) is 14.3 Å². The molecule has 3 aromatic carbocycles. The van der Waals surface area contributed by atoms with E-state index in [0.717, 1.165) is 16.8 Å². The van der Waals surface area contributed by atoms with Crippen molar-refractivity contribution in [3.63, 3.8) is 0 Å². The van der Waals surface area contributed by atoms with Gasteiger partial charge in [-0.2, -0.15) is 0 Å². The van der Waals surface area contributed by atoms with Crippen molar-refractivity contribution in [2.75, 3.05) is 18.1 Å². The van der Waals surface area contributed by atoms with Gasteiger partial charge in [-0.3, -0.25) is 24.5 Å². The maximum Gasteiger partial charge on any atom is 0.311 e. The van der Waals surface area contributed by atoms with E-state index in [2.05, 4.69) is 0 Å². The number of nitro benzene ring substituents is 1. The Morgan fingerprint density at radius 2 is 1.64 bits per heavy atom. The van der Waals surface area contributed by atoms with Gasteiger partial charge in [-0.1, -0.05) is 17.7 Å². The molecule has 9 heteroatoms. The number of esters is 1. The van der Waals surface area contributed by atoms with E-state index in [1.165, 1.54) is 36.4 Å². The minimum Gasteiger partial charge on any atom is -0.457 e. The summed E-state index contributed by atoms with van der Waals surface area (Å²) in [6.07, 6.45) is 0.0367. The van der Waals surface area contributed by atoms with Crippen molar-refractivity contribution in [2.45, 2.75) is 20.3 Å². The smallest absolute Gasteiger partial charge is 0.311 e. The van der Waals surface area contributed by atoms with E-state index in [1.54, 1.807) is 17.0 Å². The lowest BCUT2D eigenvalue weighted by Crippen LogP contribution is -2.27. The summed E-state index contributed by atoms with van der Waals surface area (Å²) in [6.45, 7) is 3.67. The Morgan fingerprint density at radius 3 is 2.25 bits per heavy atom. The number of amides is 1. The van der Waals surface area contributed by atoms with Crippen molar-refractivity contribution < 1.29 is 28.8 Å². The molecule has 36 heavy (non-hydrogen) atoms. The zero-order valence-corrected chi connectivity index (χ0v) is 19.8. The minimum atomic E-state index is -0.636. The van der Waals surface area contributed by atoms with Gasteiger partial charge in [-0.25, -0.2) is 0 Å². The molecule has 1 amide bonds. The van der Waals surface area contributed by atoms with Gasteiger partial charge in [-0.15, -0.1) is 0 Å². The number of non-ortho nitro benzene ring substituents is 1. The number of nitrogens with zero attached hydrogens (tertiary/aromatic N) is 2. The Kier molecular flexibility index (Phi) is 7.10. The lowest BCUT2D eigenvalue weighted by atomic mass is 10.1. The van der Waals surface area contributed by atoms with E-state index < -0.39 is 23.4 Å². The average molecular weight is 488 g/mol. The Balaban J connectivity index is 1.30. The molecule has 0 spiro atoms. The molecule has 0 radical (unpaired) electrons. The quantitative estimate of drug-likeness (QED) is 0.194. The summed E-state index contributed by atoms with van der Waals surface area (Å²) in [6, 6.07) is 17.6. The molecular formula is C27H24N2O7. The topological polar surface area (TPSA) is 116 Å². The zero-order chi connectivity index (χ0) is 25.8. The van der Waals surface area contributed by atoms with E-state index in [-0.39, 0.29) is 30.3 Å². The third kappa shape index (κ3) is 5.57. The molecule has 1 fully saturated rings. The van der Waals surface area contributed by atoms with E-state index in [4.69, 9.17) is 9.47 Å². The highest BCUT2D eigenvalue weighted by Gasteiger charge is 2.36. The van der Waals surface area contributed by atoms with E-state index in [0.29, 0.717) is 17.1 Å². The van der Waals surface area contributed by atoms with E-state index in [1.807, 2.05) is 32.0 Å². The van der Waals surface area contributed by atoms with Crippen molar-refractivity contribution >= 4 is 29.0 Å². The molecule has 3 aromatic rings. The molecule has 9 nitrogen and oxygen atoms in total. The van der Waals surface area contributed by atoms with Crippen molar-refractivity contribution in [3.8, 4) is 11.5 Å². The molecule has 1 saturated heterocycles. The lowest BCUT2D eigenvalue weighted by molar-refractivity contribution is -0.384. The van der Waals surface area contributed by atoms with Crippen LogP contribution >= 0.6 is 0 Å². The lowest BCUT2D eigenvalue weighted by Gasteiger charge is -2.19. The number of ether oxygens (including phenoxy) is 2. The fraction of sp³-hybridized carbons (Fsp3) is 0.222. The molecule has 0 aliphatic carbocycles. The van der Waals surface area contributed by atoms with Crippen molar-refractivity contribution in [3.05, 3.63) is 93.5 Å². The maximum absolute atomic E-state index is 12.6. The largest absolute Gasteiger partial charge is 0.457 e. The fourth-order valence-corrected chi connectivity index (χ4v) is 4.03. The first-order chi connectivity index (χ1) is 17.2. The van der Waals surface area contributed by atoms with Crippen LogP contribution in [0.15, 0.2) is 66.7 Å². The summed E-state index contributed by atoms with van der Waals surface area (Å²) < 4.78 is 10.9. The summed E-state index contributed by atoms with van der Waals surface area (Å²) in [7, 11) is 0. The number of hydrogen-bond donors (Lipinski definition) is 0. The molecular weight excluding hydrogens is 464 g/mol. The van der Waals surface area contributed by atoms with Gasteiger partial charge in [0, 0.05) is 36.3 Å². The summed E-state index contributed by atoms with van der Waals surface area (Å²) >= 11 is 0. The number of ketones is 1. The highest BCUT2D eigenvalue weighted by Crippen LogP contribution is 2.29. The van der Waals surface area contributed by atoms with Gasteiger partial charge in [0.25, 0.3) is 5.69 Å². The number of rotatable bonds is 8. The van der Waals surface area contributed by atoms with Gasteiger partial charge in [0.05, 0.1) is 10.8 Å². The third-order valence-corrected chi connectivity index (χ3v) is 5.91. The van der Waals surface area contributed by atoms with Crippen molar-refractivity contribution in [1.82, 2.24) is 0 Å². The number of benzene rings is 3. The van der Waals surface area contributed by atoms with Crippen LogP contribution in [0.5, 0.6) is 11.5 Å². The van der Waals surface area contributed by atoms with Crippen LogP contribution in [0.2, 0.25) is 0 Å². The van der Waals surface area contributed by atoms with Gasteiger partial charge < -0.3 is 14.4 Å². The summed E-state index contributed by atoms with van der Waals surface area (Å²) in [5, 5.41) is 10.7. The number of Topliss-reactive ketones (excluding diaryl/α,β-unsaturated/α-hetero) is 1. The molecule has 0 bridgehead atoms. The predicted molar refractivity (Wildman–Crippen MR) is 131 cm³/mol. The van der Waals surface area contributed by atoms with Crippen LogP contribution < -0.4 is 9.64 Å². The van der Waals surface area contributed by atoms with Gasteiger partial charge in [0.2, 0.25) is 5.91 Å². The van der Waals surface area contributed by atoms with Crippen LogP contribution in [0.25, 0.3) is 0 Å². The standard InChI is InChI=1S/C27H24N2O7/c1-17-3-12-24(18(2)13-17)28-15-20(14-26(28)31)27(32)35-16-25(30)19-4-8-22(9-5-19)36-23-10-6-21(7-11-23)29(33)34/h3-13,20H,14-16H2,1-2H3/t20-/m0/s1. The SMILES string of the molecule is Cc1ccc(N2C[C@@H](C(=O)OCC(=O)c3ccc(Oc4ccc([N+](=O)[O-])cc4)cc3)CC2=O)c(C)c1. The van der Waals surface area contributed by atoms with Gasteiger partial charge in [0.1, 0.15) is 11.5 Å². The van der Waals surface area contributed by atoms with Gasteiger partial charge >= 0.3 is 5.97 Å². The Bertz CT molecular complexity index is 1320. The van der Waals surface area contributed by atoms with Crippen LogP contribution in [0.1, 0.15) is 27.9 Å². The molecule has 0 saturated carbocycles. The fourth-order valence-electron chi connectivity index (χ4n) is 4.03. The minimum absolute atomic E-state index is 0.0367. The zero-order valence-electron chi connectivity index (χ0n) is 19.8. The van der Waals surface area contributed by atoms with Gasteiger partial charge in [-0.05, 0) is 61.9 Å². The number of carbonyl (C=O) groups excluding carboxylic acids is 3. The molecule has 1 aliphatic rings. The second-order valence-corrected chi connectivity index (χ2v) is 8.60. The molecule has 1 atom stereocenters. The second kappa shape index (κ2) is 10.4. The Hall–Kier alpha value is -4.53. The van der Waals surface area contributed by atoms with Crippen LogP contribution in [0.4, 0.5) is 11.4 Å². The van der Waals surface area contributed by atoms with Crippen LogP contribution in [0.3, 0.4) is 0 Å². The normalized spacial score (nSPS) is 15.0. The first-order valence-electron chi connectivity index (χ1n) is 11.3. The summed E-state index contributed by atoms with van der Waals surface area (Å²) in [4.78, 5) is 49.4. The first kappa shape index (κ1) is 24.6. The Labute approximate surface area is 207 Å². The molecule has 1 aliphatic heterocycles. The number of aryl methyl sites for hydroxylation is 2. The second-order valence-electron chi connectivity index (χ2n) is 8.60. The van der Waals surface area contributed by atoms with Gasteiger partial charge in [0.15, 0.2) is 12.4 Å². The summed E-state index contributed by atoms with van der Waals surface area (Å²) in [5.41, 5.74) is 3.10. The van der Waals surface area contributed by atoms with Crippen molar-refractivity contribution in [2.24, 2.45) is 5.92 Å². The number of hydrogen-bond acceptors (Lipinski definition) is 7. The number of nitro groups is 1. The highest BCUT2D eigenvalue weighted by atomic mass is 16.6. The Morgan fingerprint density at radius 1 is 1.00 bits per heavy atom. The maximum atomic E-state index is 12.6. The monoisotopic (exact) mass is 488 g/mol. The molecule has 1 heterocycles. The van der Waals surface area contributed by atoms with E-state index >= 15 is 0 Å². The van der Waals surface area contributed by atoms with Crippen LogP contribution in [0, 0.1) is 29.9 Å². The van der Waals surface area contributed by atoms with E-state index in [9.17, 15) is 24.5 Å². The van der Waals surface area contributed by atoms with Crippen molar-refractivity contribution in [1.29, 1.82) is 0 Å². The highest BCUT2D eigenvalue weighted by molar-refractivity contribution is 6.01. The number of anilines is 1. The third-order valence-electron chi connectivity index (χ3n) is 5.91. The molecule has 0 unspecified atom stereocenters. The molecule has 184 valence electrons. The average Bonchev–Trinajstić information content (AvgIpc) is 3.24. The van der Waals surface area contributed by atoms with Crippen LogP contribution in [-0.4, -0.2) is 35.7 Å². The molecule has 4 rings (SSSR count).